The van der Waals surface area contributed by atoms with E-state index < -0.39 is 21.8 Å². The van der Waals surface area contributed by atoms with Crippen molar-refractivity contribution < 1.29 is 27.1 Å². The highest BCUT2D eigenvalue weighted by molar-refractivity contribution is 7.89. The van der Waals surface area contributed by atoms with Crippen LogP contribution in [-0.4, -0.2) is 62.8 Å². The molecule has 0 atom stereocenters. The van der Waals surface area contributed by atoms with E-state index in [0.717, 1.165) is 0 Å². The summed E-state index contributed by atoms with van der Waals surface area (Å²) in [6, 6.07) is 10.9. The highest BCUT2D eigenvalue weighted by Crippen LogP contribution is 2.20. The summed E-state index contributed by atoms with van der Waals surface area (Å²) in [7, 11) is -2.58. The van der Waals surface area contributed by atoms with E-state index >= 15 is 0 Å². The van der Waals surface area contributed by atoms with Crippen molar-refractivity contribution in [3.63, 3.8) is 0 Å². The SMILES string of the molecule is COC(=O)c1cccc(S(=O)(=O)N2CCN(C(=O)c3ccc(F)cc3)CC2)c1. The van der Waals surface area contributed by atoms with Crippen LogP contribution < -0.4 is 0 Å². The van der Waals surface area contributed by atoms with Crippen LogP contribution in [0.3, 0.4) is 0 Å². The highest BCUT2D eigenvalue weighted by atomic mass is 32.2. The lowest BCUT2D eigenvalue weighted by atomic mass is 10.2. The standard InChI is InChI=1S/C19H19FN2O5S/c1-27-19(24)15-3-2-4-17(13-15)28(25,26)22-11-9-21(10-12-22)18(23)14-5-7-16(20)8-6-14/h2-8,13H,9-12H2,1H3. The molecule has 9 heteroatoms. The summed E-state index contributed by atoms with van der Waals surface area (Å²) in [6.07, 6.45) is 0. The zero-order chi connectivity index (χ0) is 20.3. The number of hydrogen-bond acceptors (Lipinski definition) is 5. The molecule has 1 aliphatic heterocycles. The molecule has 0 aromatic heterocycles. The van der Waals surface area contributed by atoms with Crippen LogP contribution in [0.5, 0.6) is 0 Å². The van der Waals surface area contributed by atoms with E-state index in [4.69, 9.17) is 0 Å². The maximum absolute atomic E-state index is 13.0. The molecule has 0 spiro atoms. The second-order valence-electron chi connectivity index (χ2n) is 6.22. The Morgan fingerprint density at radius 3 is 2.21 bits per heavy atom. The molecule has 3 rings (SSSR count). The molecule has 28 heavy (non-hydrogen) atoms. The Hall–Kier alpha value is -2.78. The summed E-state index contributed by atoms with van der Waals surface area (Å²) >= 11 is 0. The molecule has 1 fully saturated rings. The first kappa shape index (κ1) is 20.0. The molecular formula is C19H19FN2O5S. The first-order valence-corrected chi connectivity index (χ1v) is 10.0. The third-order valence-corrected chi connectivity index (χ3v) is 6.40. The fourth-order valence-electron chi connectivity index (χ4n) is 2.96. The number of benzene rings is 2. The molecule has 7 nitrogen and oxygen atoms in total. The fraction of sp³-hybridized carbons (Fsp3) is 0.263. The fourth-order valence-corrected chi connectivity index (χ4v) is 4.43. The second-order valence-corrected chi connectivity index (χ2v) is 8.16. The number of halogens is 1. The number of rotatable bonds is 4. The van der Waals surface area contributed by atoms with Crippen LogP contribution >= 0.6 is 0 Å². The van der Waals surface area contributed by atoms with Crippen molar-refractivity contribution >= 4 is 21.9 Å². The molecule has 0 unspecified atom stereocenters. The van der Waals surface area contributed by atoms with Crippen molar-refractivity contribution in [1.29, 1.82) is 0 Å². The third kappa shape index (κ3) is 4.05. The van der Waals surface area contributed by atoms with Crippen LogP contribution in [-0.2, 0) is 14.8 Å². The smallest absolute Gasteiger partial charge is 0.337 e. The second kappa shape index (κ2) is 8.07. The van der Waals surface area contributed by atoms with E-state index in [1.54, 1.807) is 0 Å². The Labute approximate surface area is 162 Å². The largest absolute Gasteiger partial charge is 0.465 e. The number of amides is 1. The summed E-state index contributed by atoms with van der Waals surface area (Å²) in [5.41, 5.74) is 0.497. The molecule has 2 aromatic carbocycles. The Morgan fingerprint density at radius 2 is 1.61 bits per heavy atom. The van der Waals surface area contributed by atoms with Crippen molar-refractivity contribution in [2.75, 3.05) is 33.3 Å². The van der Waals surface area contributed by atoms with Gasteiger partial charge in [-0.15, -0.1) is 0 Å². The zero-order valence-corrected chi connectivity index (χ0v) is 16.0. The van der Waals surface area contributed by atoms with E-state index in [-0.39, 0.29) is 42.5 Å². The average Bonchev–Trinajstić information content (AvgIpc) is 2.73. The number of ether oxygens (including phenoxy) is 1. The number of piperazine rings is 1. The van der Waals surface area contributed by atoms with E-state index in [1.165, 1.54) is 64.8 Å². The Balaban J connectivity index is 1.71. The minimum Gasteiger partial charge on any atom is -0.465 e. The summed E-state index contributed by atoms with van der Waals surface area (Å²) in [5, 5.41) is 0. The van der Waals surface area contributed by atoms with Gasteiger partial charge in [0.2, 0.25) is 10.0 Å². The van der Waals surface area contributed by atoms with E-state index in [9.17, 15) is 22.4 Å². The van der Waals surface area contributed by atoms with Gasteiger partial charge in [0.15, 0.2) is 0 Å². The molecule has 0 aliphatic carbocycles. The predicted molar refractivity (Wildman–Crippen MR) is 98.8 cm³/mol. The number of hydrogen-bond donors (Lipinski definition) is 0. The minimum atomic E-state index is -3.81. The van der Waals surface area contributed by atoms with Gasteiger partial charge in [-0.3, -0.25) is 4.79 Å². The lowest BCUT2D eigenvalue weighted by Crippen LogP contribution is -2.50. The van der Waals surface area contributed by atoms with Crippen LogP contribution in [0.15, 0.2) is 53.4 Å². The predicted octanol–water partition coefficient (Wildman–Crippen LogP) is 1.76. The van der Waals surface area contributed by atoms with Crippen LogP contribution in [0.4, 0.5) is 4.39 Å². The number of sulfonamides is 1. The zero-order valence-electron chi connectivity index (χ0n) is 15.2. The van der Waals surface area contributed by atoms with Crippen molar-refractivity contribution in [2.45, 2.75) is 4.90 Å². The van der Waals surface area contributed by atoms with Gasteiger partial charge in [0.25, 0.3) is 5.91 Å². The molecule has 1 amide bonds. The summed E-state index contributed by atoms with van der Waals surface area (Å²) in [5.74, 6) is -1.32. The molecule has 2 aromatic rings. The van der Waals surface area contributed by atoms with Gasteiger partial charge >= 0.3 is 5.97 Å². The van der Waals surface area contributed by atoms with Crippen LogP contribution in [0.1, 0.15) is 20.7 Å². The van der Waals surface area contributed by atoms with Gasteiger partial charge in [0.1, 0.15) is 5.82 Å². The summed E-state index contributed by atoms with van der Waals surface area (Å²) < 4.78 is 44.6. The van der Waals surface area contributed by atoms with E-state index in [0.29, 0.717) is 5.56 Å². The van der Waals surface area contributed by atoms with Gasteiger partial charge in [-0.2, -0.15) is 4.31 Å². The number of methoxy groups -OCH3 is 1. The quantitative estimate of drug-likeness (QED) is 0.723. The van der Waals surface area contributed by atoms with Crippen LogP contribution in [0, 0.1) is 5.82 Å². The Bertz CT molecular complexity index is 984. The number of carbonyl (C=O) groups excluding carboxylic acids is 2. The maximum atomic E-state index is 13.0. The molecule has 0 radical (unpaired) electrons. The number of nitrogens with zero attached hydrogens (tertiary/aromatic N) is 2. The maximum Gasteiger partial charge on any atom is 0.337 e. The molecule has 0 N–H and O–H groups in total. The molecule has 1 aliphatic rings. The molecule has 0 bridgehead atoms. The number of esters is 1. The van der Waals surface area contributed by atoms with Gasteiger partial charge in [-0.05, 0) is 42.5 Å². The minimum absolute atomic E-state index is 0.00582. The molecular weight excluding hydrogens is 387 g/mol. The van der Waals surface area contributed by atoms with Crippen molar-refractivity contribution in [3.8, 4) is 0 Å². The Morgan fingerprint density at radius 1 is 0.964 bits per heavy atom. The normalized spacial score (nSPS) is 15.3. The first-order valence-electron chi connectivity index (χ1n) is 8.56. The summed E-state index contributed by atoms with van der Waals surface area (Å²) in [6.45, 7) is 0.674. The number of carbonyl (C=O) groups is 2. The van der Waals surface area contributed by atoms with Gasteiger partial charge in [0, 0.05) is 31.7 Å². The van der Waals surface area contributed by atoms with Gasteiger partial charge in [-0.25, -0.2) is 17.6 Å². The highest BCUT2D eigenvalue weighted by Gasteiger charge is 2.30. The van der Waals surface area contributed by atoms with Crippen LogP contribution in [0.25, 0.3) is 0 Å². The van der Waals surface area contributed by atoms with Gasteiger partial charge in [-0.1, -0.05) is 6.07 Å². The van der Waals surface area contributed by atoms with Crippen molar-refractivity contribution in [1.82, 2.24) is 9.21 Å². The summed E-state index contributed by atoms with van der Waals surface area (Å²) in [4.78, 5) is 25.6. The van der Waals surface area contributed by atoms with E-state index in [2.05, 4.69) is 4.74 Å². The average molecular weight is 406 g/mol. The molecule has 1 heterocycles. The van der Waals surface area contributed by atoms with Crippen molar-refractivity contribution in [3.05, 3.63) is 65.5 Å². The molecule has 148 valence electrons. The topological polar surface area (TPSA) is 84.0 Å². The van der Waals surface area contributed by atoms with E-state index in [1.807, 2.05) is 0 Å². The first-order chi connectivity index (χ1) is 13.3. The monoisotopic (exact) mass is 406 g/mol. The third-order valence-electron chi connectivity index (χ3n) is 4.51. The lowest BCUT2D eigenvalue weighted by Gasteiger charge is -2.34. The van der Waals surface area contributed by atoms with Gasteiger partial charge < -0.3 is 9.64 Å². The molecule has 0 saturated carbocycles. The van der Waals surface area contributed by atoms with Crippen molar-refractivity contribution in [2.24, 2.45) is 0 Å². The Kier molecular flexibility index (Phi) is 5.76. The van der Waals surface area contributed by atoms with Crippen LogP contribution in [0.2, 0.25) is 0 Å². The molecule has 1 saturated heterocycles. The van der Waals surface area contributed by atoms with Gasteiger partial charge in [0.05, 0.1) is 17.6 Å². The lowest BCUT2D eigenvalue weighted by molar-refractivity contribution is 0.0599.